The number of aromatic nitrogens is 1. The topological polar surface area (TPSA) is 45.2 Å². The molecule has 76 valence electrons. The van der Waals surface area contributed by atoms with Gasteiger partial charge in [0.25, 0.3) is 0 Å². The maximum Gasteiger partial charge on any atom is 0.326 e. The molecule has 0 aliphatic rings. The van der Waals surface area contributed by atoms with Gasteiger partial charge in [0.05, 0.1) is 11.4 Å². The van der Waals surface area contributed by atoms with E-state index >= 15 is 0 Å². The highest BCUT2D eigenvalue weighted by Crippen LogP contribution is 2.12. The van der Waals surface area contributed by atoms with E-state index in [9.17, 15) is 4.79 Å². The molecule has 0 aromatic carbocycles. The van der Waals surface area contributed by atoms with E-state index in [2.05, 4.69) is 10.3 Å². The van der Waals surface area contributed by atoms with Gasteiger partial charge in [-0.2, -0.15) is 0 Å². The van der Waals surface area contributed by atoms with Gasteiger partial charge in [-0.05, 0) is 24.1 Å². The van der Waals surface area contributed by atoms with E-state index in [-0.39, 0.29) is 6.03 Å². The lowest BCUT2D eigenvalue weighted by Gasteiger charge is -2.14. The molecule has 0 atom stereocenters. The van der Waals surface area contributed by atoms with E-state index in [1.807, 2.05) is 18.2 Å². The molecule has 0 fully saturated rings. The predicted molar refractivity (Wildman–Crippen MR) is 57.8 cm³/mol. The lowest BCUT2D eigenvalue weighted by atomic mass is 10.4. The molecule has 1 heterocycles. The molecular weight excluding hydrogens is 198 g/mol. The molecule has 0 saturated carbocycles. The van der Waals surface area contributed by atoms with Crippen LogP contribution in [0.25, 0.3) is 0 Å². The lowest BCUT2D eigenvalue weighted by molar-refractivity contribution is 0.233. The van der Waals surface area contributed by atoms with Gasteiger partial charge in [0.1, 0.15) is 0 Å². The Morgan fingerprint density at radius 1 is 1.64 bits per heavy atom. The van der Waals surface area contributed by atoms with Gasteiger partial charge in [0.15, 0.2) is 0 Å². The van der Waals surface area contributed by atoms with Crippen molar-refractivity contribution in [2.24, 2.45) is 0 Å². The van der Waals surface area contributed by atoms with E-state index in [4.69, 9.17) is 0 Å². The average Bonchev–Trinajstić information content (AvgIpc) is 2.26. The second kappa shape index (κ2) is 5.49. The minimum atomic E-state index is -0.106. The number of amides is 2. The third-order valence-corrected chi connectivity index (χ3v) is 2.61. The monoisotopic (exact) mass is 211 g/mol. The van der Waals surface area contributed by atoms with Gasteiger partial charge in [-0.1, -0.05) is 6.07 Å². The molecule has 0 aliphatic carbocycles. The summed E-state index contributed by atoms with van der Waals surface area (Å²) in [7, 11) is 3.34. The zero-order valence-electron chi connectivity index (χ0n) is 8.23. The summed E-state index contributed by atoms with van der Waals surface area (Å²) in [5.41, 5.74) is 0.966. The fraction of sp³-hybridized carbons (Fsp3) is 0.333. The van der Waals surface area contributed by atoms with Crippen LogP contribution in [0, 0.1) is 0 Å². The zero-order chi connectivity index (χ0) is 10.4. The van der Waals surface area contributed by atoms with Crippen LogP contribution in [-0.4, -0.2) is 29.4 Å². The molecule has 0 aliphatic heterocycles. The summed E-state index contributed by atoms with van der Waals surface area (Å²) < 4.78 is 1.55. The molecule has 1 aromatic heterocycles. The number of carbonyl (C=O) groups excluding carboxylic acids is 1. The van der Waals surface area contributed by atoms with Gasteiger partial charge >= 0.3 is 6.03 Å². The first-order valence-electron chi connectivity index (χ1n) is 4.22. The molecule has 14 heavy (non-hydrogen) atoms. The van der Waals surface area contributed by atoms with Crippen LogP contribution in [0.5, 0.6) is 0 Å². The quantitative estimate of drug-likeness (QED) is 0.771. The van der Waals surface area contributed by atoms with E-state index in [0.717, 1.165) is 5.69 Å². The van der Waals surface area contributed by atoms with E-state index in [1.165, 1.54) is 11.9 Å². The molecule has 0 saturated heterocycles. The van der Waals surface area contributed by atoms with Crippen LogP contribution in [0.4, 0.5) is 4.79 Å². The maximum absolute atomic E-state index is 11.1. The van der Waals surface area contributed by atoms with Crippen LogP contribution >= 0.6 is 11.9 Å². The molecule has 1 aromatic rings. The summed E-state index contributed by atoms with van der Waals surface area (Å²) in [6, 6.07) is 5.63. The minimum absolute atomic E-state index is 0.106. The third kappa shape index (κ3) is 3.26. The molecule has 0 unspecified atom stereocenters. The highest BCUT2D eigenvalue weighted by molar-refractivity contribution is 7.96. The average molecular weight is 211 g/mol. The van der Waals surface area contributed by atoms with Crippen LogP contribution in [0.3, 0.4) is 0 Å². The van der Waals surface area contributed by atoms with Gasteiger partial charge in [-0.3, -0.25) is 9.29 Å². The van der Waals surface area contributed by atoms with Crippen molar-refractivity contribution in [2.45, 2.75) is 5.75 Å². The van der Waals surface area contributed by atoms with E-state index < -0.39 is 0 Å². The normalized spacial score (nSPS) is 9.57. The molecular formula is C9H13N3OS. The summed E-state index contributed by atoms with van der Waals surface area (Å²) in [6.45, 7) is 0. The van der Waals surface area contributed by atoms with Crippen molar-refractivity contribution >= 4 is 18.0 Å². The number of urea groups is 1. The van der Waals surface area contributed by atoms with Crippen molar-refractivity contribution in [3.05, 3.63) is 30.1 Å². The van der Waals surface area contributed by atoms with Crippen LogP contribution in [0.2, 0.25) is 0 Å². The number of nitrogens with zero attached hydrogens (tertiary/aromatic N) is 2. The standard InChI is InChI=1S/C9H13N3OS/c1-10-9(13)12(2)14-7-8-5-3-4-6-11-8/h3-6H,7H2,1-2H3,(H,10,13). The van der Waals surface area contributed by atoms with E-state index in [1.54, 1.807) is 24.6 Å². The first-order chi connectivity index (χ1) is 6.74. The molecule has 1 N–H and O–H groups in total. The van der Waals surface area contributed by atoms with Crippen molar-refractivity contribution in [1.82, 2.24) is 14.6 Å². The third-order valence-electron chi connectivity index (χ3n) is 1.63. The molecule has 4 nitrogen and oxygen atoms in total. The Morgan fingerprint density at radius 2 is 2.43 bits per heavy atom. The molecule has 0 radical (unpaired) electrons. The van der Waals surface area contributed by atoms with E-state index in [0.29, 0.717) is 5.75 Å². The Morgan fingerprint density at radius 3 is 3.00 bits per heavy atom. The first kappa shape index (κ1) is 10.8. The summed E-state index contributed by atoms with van der Waals surface area (Å²) >= 11 is 1.42. The minimum Gasteiger partial charge on any atom is -0.340 e. The SMILES string of the molecule is CNC(=O)N(C)SCc1ccccn1. The fourth-order valence-corrected chi connectivity index (χ4v) is 1.57. The van der Waals surface area contributed by atoms with Crippen molar-refractivity contribution in [1.29, 1.82) is 0 Å². The highest BCUT2D eigenvalue weighted by Gasteiger charge is 2.06. The highest BCUT2D eigenvalue weighted by atomic mass is 32.2. The Labute approximate surface area is 87.8 Å². The Kier molecular flexibility index (Phi) is 4.25. The number of hydrogen-bond donors (Lipinski definition) is 1. The smallest absolute Gasteiger partial charge is 0.326 e. The van der Waals surface area contributed by atoms with Crippen LogP contribution in [-0.2, 0) is 5.75 Å². The second-order valence-corrected chi connectivity index (χ2v) is 3.74. The number of pyridine rings is 1. The maximum atomic E-state index is 11.1. The summed E-state index contributed by atoms with van der Waals surface area (Å²) in [5, 5.41) is 2.55. The molecule has 5 heteroatoms. The Balaban J connectivity index is 2.38. The number of hydrogen-bond acceptors (Lipinski definition) is 3. The molecule has 2 amide bonds. The molecule has 0 bridgehead atoms. The van der Waals surface area contributed by atoms with Gasteiger partial charge in [0.2, 0.25) is 0 Å². The summed E-state index contributed by atoms with van der Waals surface area (Å²) in [4.78, 5) is 15.3. The second-order valence-electron chi connectivity index (χ2n) is 2.65. The summed E-state index contributed by atoms with van der Waals surface area (Å²) in [5.74, 6) is 0.699. The van der Waals surface area contributed by atoms with Gasteiger partial charge in [0, 0.05) is 20.3 Å². The van der Waals surface area contributed by atoms with Crippen molar-refractivity contribution in [3.63, 3.8) is 0 Å². The number of rotatable bonds is 3. The molecule has 0 spiro atoms. The van der Waals surface area contributed by atoms with Crippen molar-refractivity contribution < 1.29 is 4.79 Å². The van der Waals surface area contributed by atoms with Gasteiger partial charge in [-0.25, -0.2) is 4.79 Å². The number of carbonyl (C=O) groups is 1. The van der Waals surface area contributed by atoms with Crippen LogP contribution in [0.15, 0.2) is 24.4 Å². The van der Waals surface area contributed by atoms with Crippen molar-refractivity contribution in [3.8, 4) is 0 Å². The summed E-state index contributed by atoms with van der Waals surface area (Å²) in [6.07, 6.45) is 1.75. The van der Waals surface area contributed by atoms with Gasteiger partial charge < -0.3 is 5.32 Å². The zero-order valence-corrected chi connectivity index (χ0v) is 9.04. The number of nitrogens with one attached hydrogen (secondary N) is 1. The van der Waals surface area contributed by atoms with Crippen LogP contribution in [0.1, 0.15) is 5.69 Å². The largest absolute Gasteiger partial charge is 0.340 e. The molecule has 1 rings (SSSR count). The Bertz CT molecular complexity index is 291. The lowest BCUT2D eigenvalue weighted by Crippen LogP contribution is -2.29. The fourth-order valence-electron chi connectivity index (χ4n) is 0.863. The van der Waals surface area contributed by atoms with Gasteiger partial charge in [-0.15, -0.1) is 0 Å². The van der Waals surface area contributed by atoms with Crippen LogP contribution < -0.4 is 5.32 Å². The first-order valence-corrected chi connectivity index (χ1v) is 5.16. The predicted octanol–water partition coefficient (Wildman–Crippen LogP) is 1.50. The Hall–Kier alpha value is -1.23. The van der Waals surface area contributed by atoms with Crippen molar-refractivity contribution in [2.75, 3.05) is 14.1 Å².